The summed E-state index contributed by atoms with van der Waals surface area (Å²) in [4.78, 5) is 27.6. The van der Waals surface area contributed by atoms with Crippen molar-refractivity contribution in [3.63, 3.8) is 0 Å². The molecule has 0 saturated carbocycles. The largest absolute Gasteiger partial charge is 0.469 e. The van der Waals surface area contributed by atoms with Crippen LogP contribution in [-0.2, 0) is 16.1 Å². The molecule has 0 unspecified atom stereocenters. The number of esters is 1. The van der Waals surface area contributed by atoms with Crippen molar-refractivity contribution in [2.75, 3.05) is 12.9 Å². The Labute approximate surface area is 138 Å². The van der Waals surface area contributed by atoms with Gasteiger partial charge in [-0.05, 0) is 26.3 Å². The lowest BCUT2D eigenvalue weighted by molar-refractivity contribution is -0.140. The Morgan fingerprint density at radius 2 is 2.17 bits per heavy atom. The van der Waals surface area contributed by atoms with Crippen LogP contribution in [0.2, 0.25) is 0 Å². The normalized spacial score (nSPS) is 10.7. The Morgan fingerprint density at radius 1 is 1.39 bits per heavy atom. The summed E-state index contributed by atoms with van der Waals surface area (Å²) in [5.74, 6) is 0.146. The van der Waals surface area contributed by atoms with Crippen molar-refractivity contribution in [3.05, 3.63) is 29.3 Å². The molecular weight excluding hydrogens is 316 g/mol. The van der Waals surface area contributed by atoms with E-state index in [1.165, 1.54) is 25.2 Å². The van der Waals surface area contributed by atoms with Crippen LogP contribution in [0.3, 0.4) is 0 Å². The number of aromatic amines is 1. The first-order chi connectivity index (χ1) is 11.0. The first-order valence-corrected chi connectivity index (χ1v) is 8.26. The third kappa shape index (κ3) is 4.44. The number of aryl methyl sites for hydroxylation is 1. The van der Waals surface area contributed by atoms with Crippen LogP contribution in [0.15, 0.2) is 17.6 Å². The Kier molecular flexibility index (Phi) is 5.97. The lowest BCUT2D eigenvalue weighted by atomic mass is 10.2. The molecule has 124 valence electrons. The highest BCUT2D eigenvalue weighted by Crippen LogP contribution is 2.20. The van der Waals surface area contributed by atoms with Crippen LogP contribution in [0.4, 0.5) is 0 Å². The average molecular weight is 336 g/mol. The van der Waals surface area contributed by atoms with Gasteiger partial charge in [0.05, 0.1) is 12.9 Å². The van der Waals surface area contributed by atoms with Gasteiger partial charge in [0.15, 0.2) is 10.9 Å². The first-order valence-electron chi connectivity index (χ1n) is 7.27. The summed E-state index contributed by atoms with van der Waals surface area (Å²) in [6.07, 6.45) is 2.47. The van der Waals surface area contributed by atoms with Crippen LogP contribution >= 0.6 is 11.8 Å². The van der Waals surface area contributed by atoms with Gasteiger partial charge in [-0.25, -0.2) is 4.98 Å². The number of carbonyl (C=O) groups excluding carboxylic acids is 2. The Balaban J connectivity index is 1.98. The summed E-state index contributed by atoms with van der Waals surface area (Å²) >= 11 is 1.33. The molecule has 0 aliphatic rings. The molecule has 2 heterocycles. The molecule has 7 nitrogen and oxygen atoms in total. The summed E-state index contributed by atoms with van der Waals surface area (Å²) in [6.45, 7) is 4.58. The zero-order valence-electron chi connectivity index (χ0n) is 13.5. The smallest absolute Gasteiger partial charge is 0.305 e. The number of aromatic nitrogens is 4. The van der Waals surface area contributed by atoms with Gasteiger partial charge in [0.2, 0.25) is 0 Å². The van der Waals surface area contributed by atoms with Crippen LogP contribution in [-0.4, -0.2) is 44.4 Å². The number of carbonyl (C=O) groups is 2. The third-order valence-corrected chi connectivity index (χ3v) is 4.47. The number of ketones is 1. The number of hydrogen-bond donors (Lipinski definition) is 1. The maximum absolute atomic E-state index is 12.4. The molecule has 1 N–H and O–H groups in total. The molecule has 0 bridgehead atoms. The fraction of sp³-hybridized carbons (Fsp3) is 0.467. The van der Waals surface area contributed by atoms with Gasteiger partial charge in [-0.15, -0.1) is 0 Å². The highest BCUT2D eigenvalue weighted by atomic mass is 32.2. The number of Topliss-reactive ketones (excluding diaryl/α,β-unsaturated/α-hetero) is 1. The summed E-state index contributed by atoms with van der Waals surface area (Å²) in [5.41, 5.74) is 2.66. The second-order valence-electron chi connectivity index (χ2n) is 5.12. The minimum absolute atomic E-state index is 0.0544. The minimum Gasteiger partial charge on any atom is -0.469 e. The molecule has 2 rings (SSSR count). The Hall–Kier alpha value is -2.09. The van der Waals surface area contributed by atoms with E-state index >= 15 is 0 Å². The molecule has 2 aromatic rings. The number of H-pyrrole nitrogens is 1. The fourth-order valence-corrected chi connectivity index (χ4v) is 3.05. The average Bonchev–Trinajstić information content (AvgIpc) is 3.15. The van der Waals surface area contributed by atoms with E-state index in [4.69, 9.17) is 0 Å². The molecule has 0 spiro atoms. The summed E-state index contributed by atoms with van der Waals surface area (Å²) in [5, 5.41) is 7.10. The predicted octanol–water partition coefficient (Wildman–Crippen LogP) is 2.15. The summed E-state index contributed by atoms with van der Waals surface area (Å²) in [7, 11) is 1.39. The van der Waals surface area contributed by atoms with Gasteiger partial charge in [0.1, 0.15) is 6.33 Å². The second-order valence-corrected chi connectivity index (χ2v) is 6.08. The van der Waals surface area contributed by atoms with Gasteiger partial charge in [-0.1, -0.05) is 11.8 Å². The molecule has 0 aliphatic heterocycles. The van der Waals surface area contributed by atoms with E-state index in [9.17, 15) is 9.59 Å². The molecule has 0 atom stereocenters. The van der Waals surface area contributed by atoms with Gasteiger partial charge < -0.3 is 9.30 Å². The highest BCUT2D eigenvalue weighted by molar-refractivity contribution is 7.99. The van der Waals surface area contributed by atoms with E-state index < -0.39 is 0 Å². The molecular formula is C15H20N4O3S. The van der Waals surface area contributed by atoms with Crippen molar-refractivity contribution in [1.29, 1.82) is 0 Å². The van der Waals surface area contributed by atoms with E-state index in [1.807, 2.05) is 19.9 Å². The maximum atomic E-state index is 12.4. The molecule has 2 aromatic heterocycles. The maximum Gasteiger partial charge on any atom is 0.305 e. The monoisotopic (exact) mass is 336 g/mol. The highest BCUT2D eigenvalue weighted by Gasteiger charge is 2.16. The van der Waals surface area contributed by atoms with E-state index in [1.54, 1.807) is 0 Å². The van der Waals surface area contributed by atoms with Gasteiger partial charge in [-0.2, -0.15) is 5.10 Å². The van der Waals surface area contributed by atoms with Gasteiger partial charge in [0, 0.05) is 29.9 Å². The van der Waals surface area contributed by atoms with Crippen molar-refractivity contribution >= 4 is 23.5 Å². The first kappa shape index (κ1) is 17.3. The van der Waals surface area contributed by atoms with E-state index in [0.29, 0.717) is 35.9 Å². The molecule has 0 aromatic carbocycles. The van der Waals surface area contributed by atoms with Gasteiger partial charge >= 0.3 is 5.97 Å². The summed E-state index contributed by atoms with van der Waals surface area (Å²) in [6, 6.07) is 1.90. The van der Waals surface area contributed by atoms with Crippen molar-refractivity contribution < 1.29 is 14.3 Å². The standard InChI is InChI=1S/C15H20N4O3S/c1-10-7-12(13(20)8-23-15-16-9-17-18-15)11(2)19(10)6-4-5-14(21)22-3/h7,9H,4-6,8H2,1-3H3,(H,16,17,18). The fourth-order valence-electron chi connectivity index (χ4n) is 2.39. The van der Waals surface area contributed by atoms with E-state index in [-0.39, 0.29) is 11.8 Å². The van der Waals surface area contributed by atoms with E-state index in [2.05, 4.69) is 24.5 Å². The molecule has 23 heavy (non-hydrogen) atoms. The second kappa shape index (κ2) is 7.96. The predicted molar refractivity (Wildman–Crippen MR) is 86.6 cm³/mol. The molecule has 8 heteroatoms. The minimum atomic E-state index is -0.216. The van der Waals surface area contributed by atoms with Crippen molar-refractivity contribution in [1.82, 2.24) is 19.7 Å². The Bertz CT molecular complexity index is 679. The van der Waals surface area contributed by atoms with Crippen molar-refractivity contribution in [3.8, 4) is 0 Å². The number of nitrogens with one attached hydrogen (secondary N) is 1. The summed E-state index contributed by atoms with van der Waals surface area (Å²) < 4.78 is 6.71. The molecule has 0 radical (unpaired) electrons. The third-order valence-electron chi connectivity index (χ3n) is 3.60. The molecule has 0 saturated heterocycles. The number of ether oxygens (including phenoxy) is 1. The molecule has 0 fully saturated rings. The SMILES string of the molecule is COC(=O)CCCn1c(C)cc(C(=O)CSc2ncn[nH]2)c1C. The molecule has 0 amide bonds. The van der Waals surface area contributed by atoms with E-state index in [0.717, 1.165) is 11.4 Å². The molecule has 0 aliphatic carbocycles. The Morgan fingerprint density at radius 3 is 2.83 bits per heavy atom. The van der Waals surface area contributed by atoms with Crippen LogP contribution in [0, 0.1) is 13.8 Å². The number of rotatable bonds is 8. The zero-order valence-corrected chi connectivity index (χ0v) is 14.3. The van der Waals surface area contributed by atoms with Gasteiger partial charge in [0.25, 0.3) is 0 Å². The number of methoxy groups -OCH3 is 1. The van der Waals surface area contributed by atoms with Crippen LogP contribution in [0.25, 0.3) is 0 Å². The van der Waals surface area contributed by atoms with Gasteiger partial charge in [-0.3, -0.25) is 14.7 Å². The van der Waals surface area contributed by atoms with Crippen LogP contribution < -0.4 is 0 Å². The lowest BCUT2D eigenvalue weighted by Gasteiger charge is -2.09. The number of nitrogens with zero attached hydrogens (tertiary/aromatic N) is 3. The topological polar surface area (TPSA) is 89.9 Å². The van der Waals surface area contributed by atoms with Crippen molar-refractivity contribution in [2.24, 2.45) is 0 Å². The zero-order chi connectivity index (χ0) is 16.8. The van der Waals surface area contributed by atoms with Crippen LogP contribution in [0.5, 0.6) is 0 Å². The lowest BCUT2D eigenvalue weighted by Crippen LogP contribution is -2.08. The van der Waals surface area contributed by atoms with Crippen molar-refractivity contribution in [2.45, 2.75) is 38.4 Å². The number of hydrogen-bond acceptors (Lipinski definition) is 6. The number of thioether (sulfide) groups is 1. The van der Waals surface area contributed by atoms with Crippen LogP contribution in [0.1, 0.15) is 34.6 Å². The quantitative estimate of drug-likeness (QED) is 0.451.